The first-order chi connectivity index (χ1) is 16.3. The zero-order chi connectivity index (χ0) is 25.1. The van der Waals surface area contributed by atoms with Crippen molar-refractivity contribution < 1.29 is 33.6 Å². The summed E-state index contributed by atoms with van der Waals surface area (Å²) in [4.78, 5) is 29.4. The van der Waals surface area contributed by atoms with Gasteiger partial charge in [0.25, 0.3) is 0 Å². The number of para-hydroxylation sites is 1. The maximum Gasteiger partial charge on any atom is 0.309 e. The average molecular weight is 474 g/mol. The Morgan fingerprint density at radius 3 is 2.41 bits per heavy atom. The van der Waals surface area contributed by atoms with Crippen LogP contribution in [-0.4, -0.2) is 54.9 Å². The number of aromatic nitrogens is 1. The number of aromatic hydroxyl groups is 1. The quantitative estimate of drug-likeness (QED) is 0.317. The Hall–Kier alpha value is -3.13. The molecular formula is C26H35NO7. The van der Waals surface area contributed by atoms with Crippen LogP contribution in [0.4, 0.5) is 0 Å². The first kappa shape index (κ1) is 27.1. The highest BCUT2D eigenvalue weighted by Gasteiger charge is 2.32. The Morgan fingerprint density at radius 1 is 1.09 bits per heavy atom. The van der Waals surface area contributed by atoms with Gasteiger partial charge in [-0.3, -0.25) is 9.59 Å². The number of ether oxygens (including phenoxy) is 4. The second kappa shape index (κ2) is 13.5. The van der Waals surface area contributed by atoms with Crippen LogP contribution in [0.1, 0.15) is 50.5 Å². The molecule has 186 valence electrons. The third kappa shape index (κ3) is 7.45. The van der Waals surface area contributed by atoms with Crippen molar-refractivity contribution in [3.8, 4) is 17.2 Å². The molecule has 1 aromatic heterocycles. The van der Waals surface area contributed by atoms with Gasteiger partial charge in [-0.1, -0.05) is 32.0 Å². The van der Waals surface area contributed by atoms with Crippen LogP contribution < -0.4 is 9.47 Å². The lowest BCUT2D eigenvalue weighted by Gasteiger charge is -2.32. The van der Waals surface area contributed by atoms with Crippen LogP contribution in [0, 0.1) is 11.8 Å². The van der Waals surface area contributed by atoms with Gasteiger partial charge in [-0.2, -0.15) is 0 Å². The number of hydrogen-bond donors (Lipinski definition) is 1. The van der Waals surface area contributed by atoms with Crippen LogP contribution in [0.3, 0.4) is 0 Å². The van der Waals surface area contributed by atoms with Crippen LogP contribution >= 0.6 is 0 Å². The van der Waals surface area contributed by atoms with Crippen molar-refractivity contribution >= 4 is 11.8 Å². The van der Waals surface area contributed by atoms with Crippen molar-refractivity contribution in [2.24, 2.45) is 11.8 Å². The minimum atomic E-state index is -0.737. The standard InChI is InChI=1S/C26H35NO7/c1-6-19(13-15-31-4)25(34-20-10-8-7-9-11-20)18(3)33-26(30)17(2)16-21(28)23-24(29)22(32-5)12-14-27-23/h7-12,14,17-19,25,29H,6,13,15-16H2,1-5H3/t17-,18+,19+,25+/m1/s1. The van der Waals surface area contributed by atoms with Gasteiger partial charge in [-0.25, -0.2) is 4.98 Å². The van der Waals surface area contributed by atoms with Crippen molar-refractivity contribution in [1.29, 1.82) is 0 Å². The van der Waals surface area contributed by atoms with E-state index in [9.17, 15) is 14.7 Å². The summed E-state index contributed by atoms with van der Waals surface area (Å²) >= 11 is 0. The van der Waals surface area contributed by atoms with Gasteiger partial charge in [0.2, 0.25) is 0 Å². The van der Waals surface area contributed by atoms with Crippen molar-refractivity contribution in [2.75, 3.05) is 20.8 Å². The molecule has 2 aromatic rings. The number of carbonyl (C=O) groups excluding carboxylic acids is 2. The molecule has 0 aliphatic heterocycles. The van der Waals surface area contributed by atoms with Gasteiger partial charge < -0.3 is 24.1 Å². The summed E-state index contributed by atoms with van der Waals surface area (Å²) in [6.07, 6.45) is 1.82. The maximum atomic E-state index is 12.8. The summed E-state index contributed by atoms with van der Waals surface area (Å²) in [6.45, 7) is 6.03. The molecule has 0 aliphatic carbocycles. The average Bonchev–Trinajstić information content (AvgIpc) is 2.84. The molecule has 0 spiro atoms. The lowest BCUT2D eigenvalue weighted by molar-refractivity contribution is -0.159. The second-order valence-electron chi connectivity index (χ2n) is 8.23. The molecule has 1 N–H and O–H groups in total. The van der Waals surface area contributed by atoms with Gasteiger partial charge in [-0.15, -0.1) is 0 Å². The summed E-state index contributed by atoms with van der Waals surface area (Å²) in [5, 5.41) is 10.2. The molecule has 1 aromatic carbocycles. The first-order valence-electron chi connectivity index (χ1n) is 11.5. The fraction of sp³-hybridized carbons (Fsp3) is 0.500. The van der Waals surface area contributed by atoms with Crippen LogP contribution in [-0.2, 0) is 14.3 Å². The third-order valence-corrected chi connectivity index (χ3v) is 5.73. The monoisotopic (exact) mass is 473 g/mol. The summed E-state index contributed by atoms with van der Waals surface area (Å²) in [7, 11) is 3.03. The molecule has 34 heavy (non-hydrogen) atoms. The second-order valence-corrected chi connectivity index (χ2v) is 8.23. The van der Waals surface area contributed by atoms with Crippen molar-refractivity contribution in [1.82, 2.24) is 4.98 Å². The smallest absolute Gasteiger partial charge is 0.309 e. The number of Topliss-reactive ketones (excluding diaryl/α,β-unsaturated/α-hetero) is 1. The van der Waals surface area contributed by atoms with Gasteiger partial charge in [0, 0.05) is 38.3 Å². The molecular weight excluding hydrogens is 438 g/mol. The number of pyridine rings is 1. The molecule has 0 saturated carbocycles. The fourth-order valence-corrected chi connectivity index (χ4v) is 3.73. The number of ketones is 1. The van der Waals surface area contributed by atoms with Crippen LogP contribution in [0.5, 0.6) is 17.2 Å². The van der Waals surface area contributed by atoms with Crippen molar-refractivity contribution in [3.05, 3.63) is 48.3 Å². The zero-order valence-corrected chi connectivity index (χ0v) is 20.5. The Kier molecular flexibility index (Phi) is 10.8. The molecule has 0 bridgehead atoms. The highest BCUT2D eigenvalue weighted by atomic mass is 16.6. The Bertz CT molecular complexity index is 919. The molecule has 2 rings (SSSR count). The largest absolute Gasteiger partial charge is 0.503 e. The molecule has 0 saturated heterocycles. The summed E-state index contributed by atoms with van der Waals surface area (Å²) in [5.41, 5.74) is -0.136. The van der Waals surface area contributed by atoms with E-state index in [2.05, 4.69) is 11.9 Å². The van der Waals surface area contributed by atoms with E-state index in [0.29, 0.717) is 12.4 Å². The van der Waals surface area contributed by atoms with Crippen LogP contribution in [0.25, 0.3) is 0 Å². The lowest BCUT2D eigenvalue weighted by atomic mass is 9.92. The topological polar surface area (TPSA) is 104 Å². The summed E-state index contributed by atoms with van der Waals surface area (Å²) in [6, 6.07) is 10.8. The van der Waals surface area contributed by atoms with Gasteiger partial charge in [0.15, 0.2) is 23.0 Å². The Balaban J connectivity index is 2.09. The van der Waals surface area contributed by atoms with E-state index >= 15 is 0 Å². The molecule has 8 heteroatoms. The molecule has 4 atom stereocenters. The zero-order valence-electron chi connectivity index (χ0n) is 20.5. The number of methoxy groups -OCH3 is 2. The number of rotatable bonds is 14. The minimum absolute atomic E-state index is 0.0952. The molecule has 0 radical (unpaired) electrons. The van der Waals surface area contributed by atoms with Gasteiger partial charge in [0.05, 0.1) is 13.0 Å². The minimum Gasteiger partial charge on any atom is -0.503 e. The third-order valence-electron chi connectivity index (χ3n) is 5.73. The van der Waals surface area contributed by atoms with Gasteiger partial charge in [-0.05, 0) is 31.9 Å². The molecule has 0 fully saturated rings. The number of esters is 1. The lowest BCUT2D eigenvalue weighted by Crippen LogP contribution is -2.41. The van der Waals surface area contributed by atoms with Crippen molar-refractivity contribution in [3.63, 3.8) is 0 Å². The highest BCUT2D eigenvalue weighted by molar-refractivity contribution is 5.99. The van der Waals surface area contributed by atoms with E-state index in [4.69, 9.17) is 18.9 Å². The van der Waals surface area contributed by atoms with Crippen LogP contribution in [0.15, 0.2) is 42.6 Å². The molecule has 0 aliphatic rings. The highest BCUT2D eigenvalue weighted by Crippen LogP contribution is 2.29. The molecule has 0 unspecified atom stereocenters. The summed E-state index contributed by atoms with van der Waals surface area (Å²) in [5.74, 6) is -1.15. The van der Waals surface area contributed by atoms with Crippen molar-refractivity contribution in [2.45, 2.75) is 52.2 Å². The molecule has 8 nitrogen and oxygen atoms in total. The first-order valence-corrected chi connectivity index (χ1v) is 11.5. The van der Waals surface area contributed by atoms with E-state index in [-0.39, 0.29) is 29.5 Å². The number of carbonyl (C=O) groups is 2. The van der Waals surface area contributed by atoms with E-state index in [1.54, 1.807) is 21.0 Å². The van der Waals surface area contributed by atoms with Gasteiger partial charge >= 0.3 is 5.97 Å². The van der Waals surface area contributed by atoms with E-state index in [1.807, 2.05) is 30.3 Å². The number of benzene rings is 1. The number of hydrogen-bond acceptors (Lipinski definition) is 8. The van der Waals surface area contributed by atoms with E-state index < -0.39 is 29.9 Å². The fourth-order valence-electron chi connectivity index (χ4n) is 3.73. The van der Waals surface area contributed by atoms with E-state index in [1.165, 1.54) is 19.4 Å². The predicted molar refractivity (Wildman–Crippen MR) is 127 cm³/mol. The predicted octanol–water partition coefficient (Wildman–Crippen LogP) is 4.45. The maximum absolute atomic E-state index is 12.8. The molecule has 0 amide bonds. The van der Waals surface area contributed by atoms with E-state index in [0.717, 1.165) is 12.8 Å². The normalized spacial score (nSPS) is 14.5. The SMILES string of the molecule is CC[C@@H](CCOC)[C@@H](Oc1ccccc1)[C@H](C)OC(=O)[C@H](C)CC(=O)c1nccc(OC)c1O. The Morgan fingerprint density at radius 2 is 1.79 bits per heavy atom. The molecule has 1 heterocycles. The van der Waals surface area contributed by atoms with Gasteiger partial charge in [0.1, 0.15) is 18.0 Å². The Labute approximate surface area is 201 Å². The van der Waals surface area contributed by atoms with Crippen LogP contribution in [0.2, 0.25) is 0 Å². The number of nitrogens with zero attached hydrogens (tertiary/aromatic N) is 1. The summed E-state index contributed by atoms with van der Waals surface area (Å²) < 4.78 is 22.3.